The summed E-state index contributed by atoms with van der Waals surface area (Å²) in [5.74, 6) is 1.40. The Bertz CT molecular complexity index is 2270. The van der Waals surface area contributed by atoms with Crippen LogP contribution in [0.15, 0.2) is 115 Å². The van der Waals surface area contributed by atoms with Crippen molar-refractivity contribution < 1.29 is 28.7 Å². The number of hydrogen-bond donors (Lipinski definition) is 4. The average molecular weight is 808 g/mol. The lowest BCUT2D eigenvalue weighted by atomic mass is 10.0. The van der Waals surface area contributed by atoms with Crippen LogP contribution in [0.2, 0.25) is 0 Å². The Morgan fingerprint density at radius 2 is 1.07 bits per heavy atom. The Balaban J connectivity index is 0.928. The van der Waals surface area contributed by atoms with E-state index in [9.17, 15) is 19.2 Å². The van der Waals surface area contributed by atoms with Crippen molar-refractivity contribution in [2.24, 2.45) is 0 Å². The molecule has 15 nitrogen and oxygen atoms in total. The summed E-state index contributed by atoms with van der Waals surface area (Å²) in [6, 6.07) is 32.1. The fraction of sp³-hybridized carbons (Fsp3) is 0.267. The lowest BCUT2D eigenvalue weighted by Crippen LogP contribution is -2.42. The van der Waals surface area contributed by atoms with Crippen LogP contribution in [-0.4, -0.2) is 86.3 Å². The summed E-state index contributed by atoms with van der Waals surface area (Å²) < 4.78 is 9.64. The van der Waals surface area contributed by atoms with Crippen molar-refractivity contribution in [1.29, 1.82) is 0 Å². The standard InChI is InChI=1S/C45H45N9O6/c1-59-44(57)48-37(31-11-5-3-6-12-31)42(55)53-25-9-15-35(53)40-46-27-34(47-40)30-21-17-28(18-22-30)29-19-23-33(24-20-29)39-50-41(52-51-39)36-16-10-26-54(36)43(56)38(49-45(58)60-2)32-13-7-4-8-14-32/h3-8,11-14,17-24,27,35-38H,9-10,15-16,25-26H2,1-2H3,(H,46,47)(H,48,57)(H,49,58)(H,50,51,52)/t35-,36-,37+,38?/m0/s1. The maximum Gasteiger partial charge on any atom is 0.407 e. The number of nitrogens with zero attached hydrogens (tertiary/aromatic N) is 5. The second-order valence-electron chi connectivity index (χ2n) is 14.7. The minimum atomic E-state index is -0.904. The fourth-order valence-corrected chi connectivity index (χ4v) is 8.05. The number of aromatic amines is 2. The molecule has 2 fully saturated rings. The molecule has 306 valence electrons. The molecule has 6 aromatic rings. The molecular weight excluding hydrogens is 763 g/mol. The quantitative estimate of drug-likeness (QED) is 0.106. The van der Waals surface area contributed by atoms with Gasteiger partial charge in [-0.15, -0.1) is 10.2 Å². The number of hydrogen-bond acceptors (Lipinski definition) is 9. The Morgan fingerprint density at radius 1 is 0.600 bits per heavy atom. The SMILES string of the molecule is COC(=O)NC(C(=O)N1CCC[C@H]1c1nnc(-c2ccc(-c3ccc(-c4cnc([C@@H]5CCCN5C(=O)[C@H](NC(=O)OC)c5ccccc5)[nH]4)cc3)cc2)[nH]1)c1ccccc1. The maximum atomic E-state index is 13.9. The van der Waals surface area contributed by atoms with Gasteiger partial charge in [0.25, 0.3) is 11.8 Å². The van der Waals surface area contributed by atoms with Crippen LogP contribution in [0.4, 0.5) is 9.59 Å². The van der Waals surface area contributed by atoms with Gasteiger partial charge in [-0.25, -0.2) is 14.6 Å². The van der Waals surface area contributed by atoms with Gasteiger partial charge in [0, 0.05) is 18.7 Å². The number of methoxy groups -OCH3 is 2. The summed E-state index contributed by atoms with van der Waals surface area (Å²) in [4.78, 5) is 67.2. The number of carbonyl (C=O) groups excluding carboxylic acids is 4. The molecule has 4 heterocycles. The molecule has 1 unspecified atom stereocenters. The number of likely N-dealkylation sites (tertiary alicyclic amines) is 2. The van der Waals surface area contributed by atoms with Gasteiger partial charge < -0.3 is 39.9 Å². The summed E-state index contributed by atoms with van der Waals surface area (Å²) in [7, 11) is 2.55. The second-order valence-corrected chi connectivity index (χ2v) is 14.7. The topological polar surface area (TPSA) is 188 Å². The van der Waals surface area contributed by atoms with E-state index in [1.165, 1.54) is 14.2 Å². The Morgan fingerprint density at radius 3 is 1.57 bits per heavy atom. The number of nitrogens with one attached hydrogen (secondary N) is 4. The molecule has 4 aromatic carbocycles. The molecule has 0 bridgehead atoms. The molecule has 4 amide bonds. The number of ether oxygens (including phenoxy) is 2. The lowest BCUT2D eigenvalue weighted by molar-refractivity contribution is -0.135. The molecule has 60 heavy (non-hydrogen) atoms. The summed E-state index contributed by atoms with van der Waals surface area (Å²) in [5.41, 5.74) is 6.00. The summed E-state index contributed by atoms with van der Waals surface area (Å²) in [6.45, 7) is 1.07. The zero-order valence-electron chi connectivity index (χ0n) is 33.2. The molecule has 2 saturated heterocycles. The zero-order chi connectivity index (χ0) is 41.6. The number of benzene rings is 4. The van der Waals surface area contributed by atoms with E-state index in [1.807, 2.05) is 84.9 Å². The van der Waals surface area contributed by atoms with Crippen LogP contribution in [0.25, 0.3) is 33.8 Å². The number of aromatic nitrogens is 5. The Hall–Kier alpha value is -7.29. The van der Waals surface area contributed by atoms with Crippen LogP contribution in [0.5, 0.6) is 0 Å². The smallest absolute Gasteiger partial charge is 0.407 e. The van der Waals surface area contributed by atoms with Crippen molar-refractivity contribution in [3.8, 4) is 33.8 Å². The van der Waals surface area contributed by atoms with Gasteiger partial charge in [0.05, 0.1) is 38.2 Å². The highest BCUT2D eigenvalue weighted by Crippen LogP contribution is 2.36. The van der Waals surface area contributed by atoms with Gasteiger partial charge in [-0.1, -0.05) is 109 Å². The highest BCUT2D eigenvalue weighted by molar-refractivity contribution is 5.88. The predicted molar refractivity (Wildman–Crippen MR) is 222 cm³/mol. The molecule has 4 N–H and O–H groups in total. The normalized spacial score (nSPS) is 17.2. The van der Waals surface area contributed by atoms with E-state index in [0.717, 1.165) is 47.2 Å². The third kappa shape index (κ3) is 8.32. The molecule has 2 aromatic heterocycles. The lowest BCUT2D eigenvalue weighted by Gasteiger charge is -2.28. The van der Waals surface area contributed by atoms with Gasteiger partial charge in [0.15, 0.2) is 11.6 Å². The molecule has 0 spiro atoms. The molecular formula is C45H45N9O6. The largest absolute Gasteiger partial charge is 0.453 e. The monoisotopic (exact) mass is 807 g/mol. The molecule has 15 heteroatoms. The van der Waals surface area contributed by atoms with Crippen molar-refractivity contribution in [2.45, 2.75) is 49.9 Å². The van der Waals surface area contributed by atoms with Gasteiger partial charge in [0.2, 0.25) is 0 Å². The number of rotatable bonds is 11. The molecule has 2 aliphatic heterocycles. The van der Waals surface area contributed by atoms with Gasteiger partial charge in [-0.05, 0) is 53.5 Å². The third-order valence-electron chi connectivity index (χ3n) is 11.1. The maximum absolute atomic E-state index is 13.9. The van der Waals surface area contributed by atoms with Gasteiger partial charge in [-0.2, -0.15) is 0 Å². The molecule has 2 aliphatic rings. The first kappa shape index (κ1) is 39.5. The summed E-state index contributed by atoms with van der Waals surface area (Å²) in [6.07, 6.45) is 3.47. The van der Waals surface area contributed by atoms with Gasteiger partial charge in [0.1, 0.15) is 17.9 Å². The minimum absolute atomic E-state index is 0.220. The molecule has 0 saturated carbocycles. The van der Waals surface area contributed by atoms with Crippen molar-refractivity contribution in [3.63, 3.8) is 0 Å². The number of H-pyrrole nitrogens is 2. The highest BCUT2D eigenvalue weighted by Gasteiger charge is 2.38. The van der Waals surface area contributed by atoms with E-state index in [1.54, 1.807) is 28.1 Å². The van der Waals surface area contributed by atoms with Crippen molar-refractivity contribution >= 4 is 24.0 Å². The van der Waals surface area contributed by atoms with E-state index in [4.69, 9.17) is 14.5 Å². The zero-order valence-corrected chi connectivity index (χ0v) is 33.2. The van der Waals surface area contributed by atoms with Gasteiger partial charge >= 0.3 is 12.2 Å². The summed E-state index contributed by atoms with van der Waals surface area (Å²) in [5, 5.41) is 14.3. The Labute approximate surface area is 346 Å². The highest BCUT2D eigenvalue weighted by atomic mass is 16.5. The van der Waals surface area contributed by atoms with Crippen LogP contribution in [0.1, 0.15) is 72.6 Å². The number of carbonyl (C=O) groups is 4. The van der Waals surface area contributed by atoms with Crippen molar-refractivity contribution in [2.75, 3.05) is 27.3 Å². The van der Waals surface area contributed by atoms with E-state index in [-0.39, 0.29) is 23.9 Å². The Kier molecular flexibility index (Phi) is 11.7. The predicted octanol–water partition coefficient (Wildman–Crippen LogP) is 7.05. The van der Waals surface area contributed by atoms with Crippen molar-refractivity contribution in [1.82, 2.24) is 45.6 Å². The van der Waals surface area contributed by atoms with E-state index in [0.29, 0.717) is 48.1 Å². The van der Waals surface area contributed by atoms with E-state index >= 15 is 0 Å². The first-order chi connectivity index (χ1) is 29.3. The van der Waals surface area contributed by atoms with Crippen LogP contribution in [0, 0.1) is 0 Å². The molecule has 0 aliphatic carbocycles. The van der Waals surface area contributed by atoms with Crippen molar-refractivity contribution in [3.05, 3.63) is 138 Å². The van der Waals surface area contributed by atoms with Gasteiger partial charge in [-0.3, -0.25) is 9.59 Å². The number of amides is 4. The molecule has 0 radical (unpaired) electrons. The first-order valence-corrected chi connectivity index (χ1v) is 19.9. The van der Waals surface area contributed by atoms with E-state index < -0.39 is 24.3 Å². The molecule has 4 atom stereocenters. The average Bonchev–Trinajstić information content (AvgIpc) is 4.15. The fourth-order valence-electron chi connectivity index (χ4n) is 8.05. The minimum Gasteiger partial charge on any atom is -0.453 e. The van der Waals surface area contributed by atoms with Crippen LogP contribution < -0.4 is 10.6 Å². The van der Waals surface area contributed by atoms with E-state index in [2.05, 4.69) is 42.9 Å². The summed E-state index contributed by atoms with van der Waals surface area (Å²) >= 11 is 0. The van der Waals surface area contributed by atoms with Crippen LogP contribution in [-0.2, 0) is 19.1 Å². The third-order valence-corrected chi connectivity index (χ3v) is 11.1. The molecule has 8 rings (SSSR count). The van der Waals surface area contributed by atoms with Crippen LogP contribution >= 0.6 is 0 Å². The van der Waals surface area contributed by atoms with Crippen LogP contribution in [0.3, 0.4) is 0 Å². The number of alkyl carbamates (subject to hydrolysis) is 2. The first-order valence-electron chi connectivity index (χ1n) is 19.9. The second kappa shape index (κ2) is 17.7. The number of imidazole rings is 1.